The molecule has 7 heteroatoms. The molecule has 0 bridgehead atoms. The van der Waals surface area contributed by atoms with Crippen molar-refractivity contribution in [1.82, 2.24) is 19.8 Å². The highest BCUT2D eigenvalue weighted by molar-refractivity contribution is 5.82. The molecule has 2 aliphatic rings. The van der Waals surface area contributed by atoms with Gasteiger partial charge in [-0.05, 0) is 49.9 Å². The minimum atomic E-state index is -0.0148. The summed E-state index contributed by atoms with van der Waals surface area (Å²) in [5.74, 6) is 1.54. The average Bonchev–Trinajstić information content (AvgIpc) is 2.82. The number of ether oxygens (including phenoxy) is 1. The second kappa shape index (κ2) is 10.2. The van der Waals surface area contributed by atoms with E-state index in [1.165, 1.54) is 0 Å². The molecule has 0 saturated carbocycles. The molecule has 2 aromatic heterocycles. The Morgan fingerprint density at radius 3 is 2.58 bits per heavy atom. The number of likely N-dealkylation sites (tertiary alicyclic amines) is 1. The smallest absolute Gasteiger partial charge is 0.239 e. The van der Waals surface area contributed by atoms with Gasteiger partial charge in [0.05, 0.1) is 31.1 Å². The van der Waals surface area contributed by atoms with E-state index < -0.39 is 0 Å². The van der Waals surface area contributed by atoms with Crippen molar-refractivity contribution in [3.63, 3.8) is 0 Å². The Morgan fingerprint density at radius 2 is 1.94 bits per heavy atom. The monoisotopic (exact) mass is 423 g/mol. The minimum Gasteiger partial charge on any atom is -0.379 e. The lowest BCUT2D eigenvalue weighted by molar-refractivity contribution is -0.140. The summed E-state index contributed by atoms with van der Waals surface area (Å²) in [6.07, 6.45) is 6.44. The van der Waals surface area contributed by atoms with Crippen LogP contribution in [0.25, 0.3) is 0 Å². The molecule has 0 aliphatic carbocycles. The molecule has 4 rings (SSSR count). The van der Waals surface area contributed by atoms with Gasteiger partial charge in [-0.3, -0.25) is 14.7 Å². The fraction of sp³-hybridized carbons (Fsp3) is 0.542. The minimum absolute atomic E-state index is 0.0148. The lowest BCUT2D eigenvalue weighted by Crippen LogP contribution is -2.53. The molecule has 2 fully saturated rings. The first kappa shape index (κ1) is 21.7. The van der Waals surface area contributed by atoms with E-state index in [9.17, 15) is 4.79 Å². The maximum atomic E-state index is 13.1. The summed E-state index contributed by atoms with van der Waals surface area (Å²) >= 11 is 0. The van der Waals surface area contributed by atoms with Crippen molar-refractivity contribution in [3.8, 4) is 0 Å². The molecule has 2 aliphatic heterocycles. The molecule has 1 atom stereocenters. The molecular weight excluding hydrogens is 390 g/mol. The second-order valence-electron chi connectivity index (χ2n) is 8.44. The van der Waals surface area contributed by atoms with Gasteiger partial charge in [-0.25, -0.2) is 4.98 Å². The molecule has 0 radical (unpaired) electrons. The largest absolute Gasteiger partial charge is 0.379 e. The zero-order valence-corrected chi connectivity index (χ0v) is 18.6. The van der Waals surface area contributed by atoms with Crippen LogP contribution in [-0.2, 0) is 9.53 Å². The van der Waals surface area contributed by atoms with Crippen LogP contribution in [0.2, 0.25) is 0 Å². The molecule has 2 saturated heterocycles. The fourth-order valence-corrected chi connectivity index (χ4v) is 4.56. The number of aryl methyl sites for hydroxylation is 1. The van der Waals surface area contributed by atoms with E-state index in [1.54, 1.807) is 6.20 Å². The van der Waals surface area contributed by atoms with Gasteiger partial charge in [0.15, 0.2) is 0 Å². The number of nitrogens with zero attached hydrogens (tertiary/aromatic N) is 4. The van der Waals surface area contributed by atoms with Crippen LogP contribution in [0.5, 0.6) is 0 Å². The molecule has 7 nitrogen and oxygen atoms in total. The Hall–Kier alpha value is -2.51. The molecule has 0 aromatic carbocycles. The number of amides is 1. The summed E-state index contributed by atoms with van der Waals surface area (Å²) in [6, 6.07) is 8.13. The topological polar surface area (TPSA) is 70.6 Å². The van der Waals surface area contributed by atoms with E-state index in [4.69, 9.17) is 9.72 Å². The van der Waals surface area contributed by atoms with Crippen LogP contribution in [-0.4, -0.2) is 71.1 Å². The highest BCUT2D eigenvalue weighted by Gasteiger charge is 2.32. The molecule has 166 valence electrons. The predicted molar refractivity (Wildman–Crippen MR) is 122 cm³/mol. The average molecular weight is 424 g/mol. The first-order valence-corrected chi connectivity index (χ1v) is 11.4. The molecule has 1 N–H and O–H groups in total. The van der Waals surface area contributed by atoms with Gasteiger partial charge >= 0.3 is 0 Å². The Morgan fingerprint density at radius 1 is 1.16 bits per heavy atom. The summed E-state index contributed by atoms with van der Waals surface area (Å²) < 4.78 is 5.45. The summed E-state index contributed by atoms with van der Waals surface area (Å²) in [5.41, 5.74) is 3.15. The highest BCUT2D eigenvalue weighted by atomic mass is 16.5. The Kier molecular flexibility index (Phi) is 7.14. The number of hydrogen-bond acceptors (Lipinski definition) is 6. The number of hydrogen-bond donors (Lipinski definition) is 1. The number of morpholine rings is 1. The van der Waals surface area contributed by atoms with E-state index in [0.29, 0.717) is 5.92 Å². The van der Waals surface area contributed by atoms with Crippen LogP contribution in [0.15, 0.2) is 36.7 Å². The van der Waals surface area contributed by atoms with Crippen molar-refractivity contribution in [2.24, 2.45) is 0 Å². The van der Waals surface area contributed by atoms with Crippen LogP contribution in [0.1, 0.15) is 43.4 Å². The Bertz CT molecular complexity index is 859. The van der Waals surface area contributed by atoms with Gasteiger partial charge in [-0.2, -0.15) is 0 Å². The standard InChI is InChI=1S/C24H33N5O2/c1-3-22(28-13-15-31-16-14-28)24(30)29-11-8-19(9-12-29)21-7-6-20(17-26-21)27-23-18(2)5-4-10-25-23/h4-7,10,17,19,22H,3,8-9,11-16H2,1-2H3,(H,25,27). The SMILES string of the molecule is CCC(C(=O)N1CCC(c2ccc(Nc3ncccc3C)cn2)CC1)N1CCOCC1. The number of carbonyl (C=O) groups excluding carboxylic acids is 1. The molecule has 4 heterocycles. The van der Waals surface area contributed by atoms with Gasteiger partial charge in [-0.1, -0.05) is 13.0 Å². The molecular formula is C24H33N5O2. The van der Waals surface area contributed by atoms with E-state index in [0.717, 1.165) is 81.4 Å². The van der Waals surface area contributed by atoms with Gasteiger partial charge < -0.3 is 15.0 Å². The molecule has 2 aromatic rings. The molecule has 0 spiro atoms. The number of aromatic nitrogens is 2. The van der Waals surface area contributed by atoms with Crippen molar-refractivity contribution in [2.45, 2.75) is 45.1 Å². The van der Waals surface area contributed by atoms with Crippen LogP contribution in [0.3, 0.4) is 0 Å². The van der Waals surface area contributed by atoms with Gasteiger partial charge in [-0.15, -0.1) is 0 Å². The van der Waals surface area contributed by atoms with Crippen LogP contribution >= 0.6 is 0 Å². The van der Waals surface area contributed by atoms with Crippen molar-refractivity contribution < 1.29 is 9.53 Å². The third-order valence-corrected chi connectivity index (χ3v) is 6.44. The van der Waals surface area contributed by atoms with E-state index in [1.807, 2.05) is 25.3 Å². The zero-order chi connectivity index (χ0) is 21.6. The van der Waals surface area contributed by atoms with E-state index >= 15 is 0 Å². The maximum Gasteiger partial charge on any atom is 0.239 e. The van der Waals surface area contributed by atoms with Crippen molar-refractivity contribution >= 4 is 17.4 Å². The van der Waals surface area contributed by atoms with Gasteiger partial charge in [0.1, 0.15) is 5.82 Å². The van der Waals surface area contributed by atoms with E-state index in [-0.39, 0.29) is 11.9 Å². The predicted octanol–water partition coefficient (Wildman–Crippen LogP) is 3.35. The van der Waals surface area contributed by atoms with Gasteiger partial charge in [0.25, 0.3) is 0 Å². The summed E-state index contributed by atoms with van der Waals surface area (Å²) in [5, 5.41) is 3.33. The van der Waals surface area contributed by atoms with Gasteiger partial charge in [0.2, 0.25) is 5.91 Å². The fourth-order valence-electron chi connectivity index (χ4n) is 4.56. The normalized spacial score (nSPS) is 19.2. The lowest BCUT2D eigenvalue weighted by Gasteiger charge is -2.38. The Labute approximate surface area is 184 Å². The first-order chi connectivity index (χ1) is 15.2. The number of anilines is 2. The quantitative estimate of drug-likeness (QED) is 0.768. The number of pyridine rings is 2. The third kappa shape index (κ3) is 5.22. The van der Waals surface area contributed by atoms with Gasteiger partial charge in [0, 0.05) is 44.0 Å². The number of rotatable bonds is 6. The molecule has 1 unspecified atom stereocenters. The summed E-state index contributed by atoms with van der Waals surface area (Å²) in [7, 11) is 0. The second-order valence-corrected chi connectivity index (χ2v) is 8.44. The summed E-state index contributed by atoms with van der Waals surface area (Å²) in [6.45, 7) is 8.90. The van der Waals surface area contributed by atoms with Crippen LogP contribution < -0.4 is 5.32 Å². The van der Waals surface area contributed by atoms with Crippen molar-refractivity contribution in [2.75, 3.05) is 44.7 Å². The maximum absolute atomic E-state index is 13.1. The third-order valence-electron chi connectivity index (χ3n) is 6.44. The van der Waals surface area contributed by atoms with Crippen LogP contribution in [0, 0.1) is 6.92 Å². The molecule has 1 amide bonds. The van der Waals surface area contributed by atoms with Crippen molar-refractivity contribution in [1.29, 1.82) is 0 Å². The number of carbonyl (C=O) groups is 1. The van der Waals surface area contributed by atoms with E-state index in [2.05, 4.69) is 39.2 Å². The highest BCUT2D eigenvalue weighted by Crippen LogP contribution is 2.28. The molecule has 31 heavy (non-hydrogen) atoms. The van der Waals surface area contributed by atoms with Crippen molar-refractivity contribution in [3.05, 3.63) is 47.9 Å². The summed E-state index contributed by atoms with van der Waals surface area (Å²) in [4.78, 5) is 26.6. The zero-order valence-electron chi connectivity index (χ0n) is 18.6. The lowest BCUT2D eigenvalue weighted by atomic mass is 9.92. The number of nitrogens with one attached hydrogen (secondary N) is 1. The Balaban J connectivity index is 1.32. The van der Waals surface area contributed by atoms with Crippen LogP contribution in [0.4, 0.5) is 11.5 Å². The first-order valence-electron chi connectivity index (χ1n) is 11.4. The number of piperidine rings is 1.